The Kier molecular flexibility index (Phi) is 11.8. The van der Waals surface area contributed by atoms with E-state index in [0.29, 0.717) is 0 Å². The zero-order valence-corrected chi connectivity index (χ0v) is 22.4. The van der Waals surface area contributed by atoms with Crippen LogP contribution in [0.1, 0.15) is 46.6 Å². The molecule has 6 atom stereocenters. The van der Waals surface area contributed by atoms with Gasteiger partial charge in [0.1, 0.15) is 18.8 Å². The highest BCUT2D eigenvalue weighted by Gasteiger charge is 2.56. The molecule has 0 bridgehead atoms. The average Bonchev–Trinajstić information content (AvgIpc) is 2.85. The van der Waals surface area contributed by atoms with Crippen molar-refractivity contribution >= 4 is 29.8 Å². The van der Waals surface area contributed by atoms with Crippen LogP contribution in [-0.4, -0.2) is 84.5 Å². The van der Waals surface area contributed by atoms with Crippen LogP contribution in [0.3, 0.4) is 0 Å². The SMILES string of the molecule is CC(=O)OC[C@@H](OC(C)=O)[C@@H](OC(C)=O)[C@@H]1O[C@](CO)(OCc2ccccc2)C[C@H](OC(C)=O)[C@H]1OC(C)=O. The third-order valence-corrected chi connectivity index (χ3v) is 5.52. The molecular weight excluding hydrogens is 520 g/mol. The first-order chi connectivity index (χ1) is 18.4. The Morgan fingerprint density at radius 3 is 2.03 bits per heavy atom. The van der Waals surface area contributed by atoms with Gasteiger partial charge in [-0.25, -0.2) is 0 Å². The lowest BCUT2D eigenvalue weighted by Crippen LogP contribution is -2.65. The van der Waals surface area contributed by atoms with Crippen molar-refractivity contribution in [1.82, 2.24) is 0 Å². The van der Waals surface area contributed by atoms with Gasteiger partial charge in [0.15, 0.2) is 24.1 Å². The maximum Gasteiger partial charge on any atom is 0.303 e. The van der Waals surface area contributed by atoms with E-state index in [-0.39, 0.29) is 13.0 Å². The van der Waals surface area contributed by atoms with Gasteiger partial charge in [-0.05, 0) is 5.56 Å². The van der Waals surface area contributed by atoms with E-state index in [4.69, 9.17) is 33.2 Å². The van der Waals surface area contributed by atoms with Gasteiger partial charge in [-0.1, -0.05) is 30.3 Å². The molecule has 1 saturated heterocycles. The van der Waals surface area contributed by atoms with Crippen LogP contribution in [0.15, 0.2) is 30.3 Å². The molecule has 0 spiro atoms. The third-order valence-electron chi connectivity index (χ3n) is 5.52. The highest BCUT2D eigenvalue weighted by Crippen LogP contribution is 2.37. The molecule has 0 aromatic heterocycles. The number of hydrogen-bond donors (Lipinski definition) is 1. The molecule has 39 heavy (non-hydrogen) atoms. The number of ether oxygens (including phenoxy) is 7. The minimum Gasteiger partial charge on any atom is -0.462 e. The first-order valence-corrected chi connectivity index (χ1v) is 12.1. The fourth-order valence-corrected chi connectivity index (χ4v) is 4.09. The number of hydrogen-bond acceptors (Lipinski definition) is 13. The van der Waals surface area contributed by atoms with Gasteiger partial charge >= 0.3 is 29.8 Å². The van der Waals surface area contributed by atoms with Crippen LogP contribution < -0.4 is 0 Å². The Bertz CT molecular complexity index is 1010. The molecular formula is C26H34O13. The van der Waals surface area contributed by atoms with Crippen molar-refractivity contribution in [3.8, 4) is 0 Å². The fraction of sp³-hybridized carbons (Fsp3) is 0.577. The van der Waals surface area contributed by atoms with Gasteiger partial charge in [-0.15, -0.1) is 0 Å². The number of rotatable bonds is 12. The molecule has 1 aliphatic rings. The molecule has 0 radical (unpaired) electrons. The lowest BCUT2D eigenvalue weighted by molar-refractivity contribution is -0.350. The molecule has 0 unspecified atom stereocenters. The smallest absolute Gasteiger partial charge is 0.303 e. The fourth-order valence-electron chi connectivity index (χ4n) is 4.09. The van der Waals surface area contributed by atoms with Crippen molar-refractivity contribution in [1.29, 1.82) is 0 Å². The second-order valence-electron chi connectivity index (χ2n) is 8.88. The molecule has 1 heterocycles. The standard InChI is InChI=1S/C26H34O13/c1-15(28)33-13-22(36-17(3)30)24(38-19(5)32)25-23(37-18(4)31)21(35-16(2)29)11-26(14-27,39-25)34-12-20-9-7-6-8-10-20/h6-10,21-25,27H,11-14H2,1-5H3/t21-,22+,23+,24+,25+,26+/m0/s1. The van der Waals surface area contributed by atoms with Crippen molar-refractivity contribution in [3.63, 3.8) is 0 Å². The summed E-state index contributed by atoms with van der Waals surface area (Å²) in [6, 6.07) is 8.91. The highest BCUT2D eigenvalue weighted by molar-refractivity contribution is 5.69. The second kappa shape index (κ2) is 14.6. The van der Waals surface area contributed by atoms with Crippen molar-refractivity contribution in [2.75, 3.05) is 13.2 Å². The predicted octanol–water partition coefficient (Wildman–Crippen LogP) is 0.971. The second-order valence-corrected chi connectivity index (χ2v) is 8.88. The molecule has 1 fully saturated rings. The molecule has 0 saturated carbocycles. The lowest BCUT2D eigenvalue weighted by Gasteiger charge is -2.48. The van der Waals surface area contributed by atoms with Gasteiger partial charge in [-0.3, -0.25) is 24.0 Å². The first-order valence-electron chi connectivity index (χ1n) is 12.1. The van der Waals surface area contributed by atoms with E-state index < -0.39 is 79.4 Å². The van der Waals surface area contributed by atoms with Crippen molar-refractivity contribution in [2.45, 2.75) is 84.0 Å². The van der Waals surface area contributed by atoms with E-state index in [1.807, 2.05) is 0 Å². The molecule has 13 nitrogen and oxygen atoms in total. The maximum atomic E-state index is 12.2. The number of benzene rings is 1. The molecule has 1 aliphatic heterocycles. The summed E-state index contributed by atoms with van der Waals surface area (Å²) in [7, 11) is 0. The zero-order valence-electron chi connectivity index (χ0n) is 22.4. The summed E-state index contributed by atoms with van der Waals surface area (Å²) in [5.41, 5.74) is 0.723. The topological polar surface area (TPSA) is 170 Å². The monoisotopic (exact) mass is 554 g/mol. The number of aliphatic hydroxyl groups is 1. The van der Waals surface area contributed by atoms with E-state index in [2.05, 4.69) is 0 Å². The summed E-state index contributed by atoms with van der Waals surface area (Å²) >= 11 is 0. The molecule has 0 aliphatic carbocycles. The minimum atomic E-state index is -1.85. The maximum absolute atomic E-state index is 12.2. The van der Waals surface area contributed by atoms with Gasteiger partial charge in [0, 0.05) is 41.0 Å². The molecule has 13 heteroatoms. The van der Waals surface area contributed by atoms with Gasteiger partial charge in [0.05, 0.1) is 13.2 Å². The van der Waals surface area contributed by atoms with Crippen LogP contribution in [0.4, 0.5) is 0 Å². The van der Waals surface area contributed by atoms with Gasteiger partial charge in [-0.2, -0.15) is 0 Å². The van der Waals surface area contributed by atoms with Crippen LogP contribution in [0.25, 0.3) is 0 Å². The van der Waals surface area contributed by atoms with Crippen LogP contribution in [0.2, 0.25) is 0 Å². The van der Waals surface area contributed by atoms with E-state index in [1.165, 1.54) is 0 Å². The summed E-state index contributed by atoms with van der Waals surface area (Å²) in [5.74, 6) is -5.76. The quantitative estimate of drug-likeness (QED) is 0.287. The van der Waals surface area contributed by atoms with Gasteiger partial charge in [0.2, 0.25) is 0 Å². The van der Waals surface area contributed by atoms with E-state index in [1.54, 1.807) is 30.3 Å². The van der Waals surface area contributed by atoms with Gasteiger partial charge in [0.25, 0.3) is 0 Å². The molecule has 2 rings (SSSR count). The van der Waals surface area contributed by atoms with Crippen molar-refractivity contribution in [2.24, 2.45) is 0 Å². The molecule has 1 aromatic rings. The normalized spacial score (nSPS) is 24.0. The Morgan fingerprint density at radius 1 is 0.897 bits per heavy atom. The predicted molar refractivity (Wildman–Crippen MR) is 129 cm³/mol. The molecule has 1 N–H and O–H groups in total. The average molecular weight is 555 g/mol. The molecule has 1 aromatic carbocycles. The Labute approximate surface area is 225 Å². The number of esters is 5. The summed E-state index contributed by atoms with van der Waals surface area (Å²) < 4.78 is 38.8. The van der Waals surface area contributed by atoms with E-state index in [0.717, 1.165) is 40.2 Å². The third kappa shape index (κ3) is 9.93. The summed E-state index contributed by atoms with van der Waals surface area (Å²) in [4.78, 5) is 59.7. The van der Waals surface area contributed by atoms with Crippen LogP contribution in [0, 0.1) is 0 Å². The summed E-state index contributed by atoms with van der Waals surface area (Å²) in [6.07, 6.45) is -7.48. The van der Waals surface area contributed by atoms with Crippen LogP contribution >= 0.6 is 0 Å². The largest absolute Gasteiger partial charge is 0.462 e. The highest BCUT2D eigenvalue weighted by atomic mass is 16.7. The summed E-state index contributed by atoms with van der Waals surface area (Å²) in [6.45, 7) is 4.15. The Morgan fingerprint density at radius 2 is 1.51 bits per heavy atom. The van der Waals surface area contributed by atoms with Gasteiger partial charge < -0.3 is 38.3 Å². The Balaban J connectivity index is 2.60. The van der Waals surface area contributed by atoms with Crippen LogP contribution in [-0.2, 0) is 63.7 Å². The first kappa shape index (κ1) is 31.7. The van der Waals surface area contributed by atoms with Crippen molar-refractivity contribution in [3.05, 3.63) is 35.9 Å². The minimum absolute atomic E-state index is 0.0435. The summed E-state index contributed by atoms with van der Waals surface area (Å²) in [5, 5.41) is 10.4. The van der Waals surface area contributed by atoms with Crippen molar-refractivity contribution < 1.29 is 62.2 Å². The molecule has 216 valence electrons. The van der Waals surface area contributed by atoms with E-state index >= 15 is 0 Å². The number of carbonyl (C=O) groups is 5. The number of aliphatic hydroxyl groups excluding tert-OH is 1. The Hall–Kier alpha value is -3.55. The lowest BCUT2D eigenvalue weighted by atomic mass is 9.90. The molecule has 0 amide bonds. The van der Waals surface area contributed by atoms with Crippen LogP contribution in [0.5, 0.6) is 0 Å². The van der Waals surface area contributed by atoms with E-state index in [9.17, 15) is 29.1 Å². The zero-order chi connectivity index (χ0) is 29.2. The number of carbonyl (C=O) groups excluding carboxylic acids is 5.